The molecule has 1 saturated heterocycles. The van der Waals surface area contributed by atoms with E-state index in [0.717, 1.165) is 55.7 Å². The van der Waals surface area contributed by atoms with Gasteiger partial charge >= 0.3 is 0 Å². The molecule has 1 aromatic carbocycles. The number of carbonyl (C=O) groups excluding carboxylic acids is 1. The first-order valence-corrected chi connectivity index (χ1v) is 13.4. The first-order chi connectivity index (χ1) is 18.2. The molecule has 3 aromatic rings. The number of amides is 1. The van der Waals surface area contributed by atoms with Crippen molar-refractivity contribution < 1.29 is 9.53 Å². The second-order valence-electron chi connectivity index (χ2n) is 9.73. The second-order valence-corrected chi connectivity index (χ2v) is 10.8. The third-order valence-corrected chi connectivity index (χ3v) is 7.11. The smallest absolute Gasteiger partial charge is 0.253 e. The van der Waals surface area contributed by atoms with Gasteiger partial charge in [-0.3, -0.25) is 14.8 Å². The molecular weight excluding hydrogens is 502 g/mol. The standard InChI is InChI=1S/C26H37N9O2S/c1-18-17-21(31-30-18)27-23-22(37-6)24(35-15-13-34(14-16-35)12-11-32(2)3)29-26(28-23)38-20-9-7-19(8-10-20)25(36)33(4)5/h7-10,17H,11-16H2,1-6H3,(H2,27,28,29,30,31). The Morgan fingerprint density at radius 1 is 1.11 bits per heavy atom. The maximum atomic E-state index is 12.3. The number of rotatable bonds is 10. The van der Waals surface area contributed by atoms with Crippen LogP contribution in [0.25, 0.3) is 0 Å². The molecule has 204 valence electrons. The van der Waals surface area contributed by atoms with Crippen molar-refractivity contribution in [2.45, 2.75) is 17.0 Å². The van der Waals surface area contributed by atoms with Crippen LogP contribution < -0.4 is 15.0 Å². The van der Waals surface area contributed by atoms with Crippen LogP contribution >= 0.6 is 11.8 Å². The number of likely N-dealkylation sites (N-methyl/N-ethyl adjacent to an activating group) is 1. The fourth-order valence-electron chi connectivity index (χ4n) is 4.11. The molecule has 1 amide bonds. The van der Waals surface area contributed by atoms with Crippen molar-refractivity contribution in [3.63, 3.8) is 0 Å². The first kappa shape index (κ1) is 27.7. The fraction of sp³-hybridized carbons (Fsp3) is 0.462. The summed E-state index contributed by atoms with van der Waals surface area (Å²) >= 11 is 1.44. The van der Waals surface area contributed by atoms with Crippen LogP contribution in [0.5, 0.6) is 5.75 Å². The molecule has 0 bridgehead atoms. The number of nitrogens with zero attached hydrogens (tertiary/aromatic N) is 7. The number of nitrogens with one attached hydrogen (secondary N) is 2. The van der Waals surface area contributed by atoms with Gasteiger partial charge in [0, 0.05) is 75.6 Å². The number of H-pyrrole nitrogens is 1. The number of methoxy groups -OCH3 is 1. The van der Waals surface area contributed by atoms with Crippen molar-refractivity contribution in [2.75, 3.05) is 84.8 Å². The Morgan fingerprint density at radius 3 is 2.39 bits per heavy atom. The zero-order valence-electron chi connectivity index (χ0n) is 23.0. The lowest BCUT2D eigenvalue weighted by Gasteiger charge is -2.36. The van der Waals surface area contributed by atoms with E-state index in [1.54, 1.807) is 26.1 Å². The summed E-state index contributed by atoms with van der Waals surface area (Å²) in [6, 6.07) is 9.41. The van der Waals surface area contributed by atoms with Crippen molar-refractivity contribution in [1.29, 1.82) is 0 Å². The summed E-state index contributed by atoms with van der Waals surface area (Å²) in [6.07, 6.45) is 0. The number of ether oxygens (including phenoxy) is 1. The van der Waals surface area contributed by atoms with Crippen LogP contribution in [-0.4, -0.2) is 115 Å². The van der Waals surface area contributed by atoms with Crippen molar-refractivity contribution in [3.05, 3.63) is 41.6 Å². The molecule has 1 fully saturated rings. The van der Waals surface area contributed by atoms with Crippen LogP contribution in [0.1, 0.15) is 16.1 Å². The first-order valence-electron chi connectivity index (χ1n) is 12.6. The monoisotopic (exact) mass is 539 g/mol. The number of hydrogen-bond donors (Lipinski definition) is 2. The van der Waals surface area contributed by atoms with Gasteiger partial charge in [0.15, 0.2) is 22.6 Å². The summed E-state index contributed by atoms with van der Waals surface area (Å²) in [5.41, 5.74) is 1.58. The lowest BCUT2D eigenvalue weighted by Crippen LogP contribution is -2.48. The van der Waals surface area contributed by atoms with E-state index in [-0.39, 0.29) is 5.91 Å². The maximum Gasteiger partial charge on any atom is 0.253 e. The highest BCUT2D eigenvalue weighted by atomic mass is 32.2. The third kappa shape index (κ3) is 6.94. The van der Waals surface area contributed by atoms with Crippen LogP contribution in [0, 0.1) is 6.92 Å². The molecule has 0 saturated carbocycles. The molecule has 1 aliphatic heterocycles. The molecule has 1 aliphatic rings. The highest BCUT2D eigenvalue weighted by Crippen LogP contribution is 2.38. The van der Waals surface area contributed by atoms with Crippen molar-refractivity contribution in [2.24, 2.45) is 0 Å². The Labute approximate surface area is 228 Å². The van der Waals surface area contributed by atoms with Gasteiger partial charge in [0.1, 0.15) is 0 Å². The second kappa shape index (κ2) is 12.5. The Kier molecular flexibility index (Phi) is 9.08. The number of aromatic nitrogens is 4. The summed E-state index contributed by atoms with van der Waals surface area (Å²) in [7, 11) is 9.34. The van der Waals surface area contributed by atoms with Crippen LogP contribution in [0.4, 0.5) is 17.5 Å². The molecule has 0 atom stereocenters. The molecule has 2 aromatic heterocycles. The topological polar surface area (TPSA) is 106 Å². The number of hydrogen-bond acceptors (Lipinski definition) is 10. The predicted octanol–water partition coefficient (Wildman–Crippen LogP) is 2.80. The van der Waals surface area contributed by atoms with E-state index in [2.05, 4.69) is 44.3 Å². The molecule has 38 heavy (non-hydrogen) atoms. The molecule has 2 N–H and O–H groups in total. The third-order valence-electron chi connectivity index (χ3n) is 6.24. The van der Waals surface area contributed by atoms with E-state index in [1.165, 1.54) is 11.8 Å². The van der Waals surface area contributed by atoms with Gasteiger partial charge < -0.3 is 24.8 Å². The Morgan fingerprint density at radius 2 is 1.82 bits per heavy atom. The molecule has 12 heteroatoms. The van der Waals surface area contributed by atoms with Crippen LogP contribution in [0.2, 0.25) is 0 Å². The highest BCUT2D eigenvalue weighted by Gasteiger charge is 2.25. The van der Waals surface area contributed by atoms with Crippen LogP contribution in [0.15, 0.2) is 40.4 Å². The van der Waals surface area contributed by atoms with Gasteiger partial charge in [-0.15, -0.1) is 0 Å². The van der Waals surface area contributed by atoms with Gasteiger partial charge in [0.2, 0.25) is 5.75 Å². The predicted molar refractivity (Wildman–Crippen MR) is 151 cm³/mol. The minimum absolute atomic E-state index is 0.0324. The Hall–Kier alpha value is -3.35. The highest BCUT2D eigenvalue weighted by molar-refractivity contribution is 7.99. The average molecular weight is 540 g/mol. The number of aromatic amines is 1. The lowest BCUT2D eigenvalue weighted by atomic mass is 10.2. The minimum Gasteiger partial charge on any atom is -0.490 e. The van der Waals surface area contributed by atoms with Gasteiger partial charge in [0.05, 0.1) is 7.11 Å². The zero-order chi connectivity index (χ0) is 27.2. The van der Waals surface area contributed by atoms with E-state index in [4.69, 9.17) is 14.7 Å². The van der Waals surface area contributed by atoms with Crippen molar-refractivity contribution >= 4 is 35.1 Å². The molecule has 11 nitrogen and oxygen atoms in total. The molecule has 0 radical (unpaired) electrons. The van der Waals surface area contributed by atoms with Crippen LogP contribution in [0.3, 0.4) is 0 Å². The average Bonchev–Trinajstić information content (AvgIpc) is 3.31. The summed E-state index contributed by atoms with van der Waals surface area (Å²) in [4.78, 5) is 31.5. The van der Waals surface area contributed by atoms with E-state index in [0.29, 0.717) is 28.1 Å². The molecule has 0 unspecified atom stereocenters. The van der Waals surface area contributed by atoms with Crippen molar-refractivity contribution in [1.82, 2.24) is 34.9 Å². The number of aryl methyl sites for hydroxylation is 1. The summed E-state index contributed by atoms with van der Waals surface area (Å²) in [6.45, 7) is 7.61. The van der Waals surface area contributed by atoms with E-state index >= 15 is 0 Å². The van der Waals surface area contributed by atoms with E-state index in [9.17, 15) is 4.79 Å². The summed E-state index contributed by atoms with van der Waals surface area (Å²) in [5, 5.41) is 11.1. The number of piperazine rings is 1. The fourth-order valence-corrected chi connectivity index (χ4v) is 4.86. The molecule has 0 spiro atoms. The number of carbonyl (C=O) groups is 1. The Bertz CT molecular complexity index is 1220. The van der Waals surface area contributed by atoms with E-state index in [1.807, 2.05) is 37.3 Å². The lowest BCUT2D eigenvalue weighted by molar-refractivity contribution is 0.0827. The number of anilines is 3. The molecule has 0 aliphatic carbocycles. The summed E-state index contributed by atoms with van der Waals surface area (Å²) < 4.78 is 5.85. The molecule has 4 rings (SSSR count). The van der Waals surface area contributed by atoms with Gasteiger partial charge in [-0.1, -0.05) is 0 Å². The van der Waals surface area contributed by atoms with Crippen molar-refractivity contribution in [3.8, 4) is 5.75 Å². The van der Waals surface area contributed by atoms with Gasteiger partial charge in [-0.25, -0.2) is 9.97 Å². The quantitative estimate of drug-likeness (QED) is 0.374. The van der Waals surface area contributed by atoms with E-state index < -0.39 is 0 Å². The maximum absolute atomic E-state index is 12.3. The normalized spacial score (nSPS) is 14.1. The zero-order valence-corrected chi connectivity index (χ0v) is 23.8. The van der Waals surface area contributed by atoms with Gasteiger partial charge in [0.25, 0.3) is 5.91 Å². The van der Waals surface area contributed by atoms with Crippen LogP contribution in [-0.2, 0) is 0 Å². The SMILES string of the molecule is COc1c(Nc2cc(C)[nH]n2)nc(Sc2ccc(C(=O)N(C)C)cc2)nc1N1CCN(CCN(C)C)CC1. The Balaban J connectivity index is 1.61. The number of benzene rings is 1. The summed E-state index contributed by atoms with van der Waals surface area (Å²) in [5.74, 6) is 2.52. The van der Waals surface area contributed by atoms with Gasteiger partial charge in [-0.2, -0.15) is 5.10 Å². The largest absolute Gasteiger partial charge is 0.490 e. The molecule has 3 heterocycles. The van der Waals surface area contributed by atoms with Gasteiger partial charge in [-0.05, 0) is 57.0 Å². The molecular formula is C26H37N9O2S. The minimum atomic E-state index is -0.0324.